The Labute approximate surface area is 91.2 Å². The highest BCUT2D eigenvalue weighted by Gasteiger charge is 2.42. The molecule has 1 N–H and O–H groups in total. The average molecular weight is 237 g/mol. The van der Waals surface area contributed by atoms with Crippen LogP contribution in [0.5, 0.6) is 0 Å². The predicted octanol–water partition coefficient (Wildman–Crippen LogP) is 0.911. The van der Waals surface area contributed by atoms with Gasteiger partial charge in [-0.25, -0.2) is 0 Å². The lowest BCUT2D eigenvalue weighted by atomic mass is 10.1. The molecule has 5 nitrogen and oxygen atoms in total. The van der Waals surface area contributed by atoms with Crippen LogP contribution < -0.4 is 0 Å². The molecule has 0 saturated heterocycles. The third kappa shape index (κ3) is 3.25. The second-order valence-electron chi connectivity index (χ2n) is 3.73. The fraction of sp³-hybridized carbons (Fsp3) is 0.889. The lowest BCUT2D eigenvalue weighted by Crippen LogP contribution is -2.50. The van der Waals surface area contributed by atoms with Crippen molar-refractivity contribution < 1.29 is 17.8 Å². The van der Waals surface area contributed by atoms with E-state index in [1.54, 1.807) is 21.0 Å². The van der Waals surface area contributed by atoms with Crippen LogP contribution in [-0.4, -0.2) is 43.1 Å². The van der Waals surface area contributed by atoms with Gasteiger partial charge in [0.2, 0.25) is 0 Å². The molecule has 0 bridgehead atoms. The van der Waals surface area contributed by atoms with Gasteiger partial charge in [0.1, 0.15) is 11.2 Å². The van der Waals surface area contributed by atoms with Crippen molar-refractivity contribution in [3.8, 4) is 0 Å². The number of unbranched alkanes of at least 4 members (excludes halogenated alkanes) is 1. The summed E-state index contributed by atoms with van der Waals surface area (Å²) in [5, 5.41) is 0. The molecule has 0 aromatic heterocycles. The Bertz CT molecular complexity index is 299. The Balaban J connectivity index is 4.92. The molecule has 0 spiro atoms. The van der Waals surface area contributed by atoms with Crippen LogP contribution in [0.1, 0.15) is 32.6 Å². The Morgan fingerprint density at radius 2 is 1.93 bits per heavy atom. The number of carbonyl (C=O) groups excluding carboxylic acids is 1. The van der Waals surface area contributed by atoms with Gasteiger partial charge in [0.25, 0.3) is 10.1 Å². The maximum absolute atomic E-state index is 11.3. The smallest absolute Gasteiger partial charge is 0.284 e. The van der Waals surface area contributed by atoms with Crippen molar-refractivity contribution in [2.24, 2.45) is 0 Å². The fourth-order valence-electron chi connectivity index (χ4n) is 1.72. The summed E-state index contributed by atoms with van der Waals surface area (Å²) in [6.07, 6.45) is 2.06. The van der Waals surface area contributed by atoms with Crippen molar-refractivity contribution in [2.75, 3.05) is 14.1 Å². The third-order valence-corrected chi connectivity index (χ3v) is 4.56. The molecule has 0 fully saturated rings. The molecule has 15 heavy (non-hydrogen) atoms. The Morgan fingerprint density at radius 1 is 1.40 bits per heavy atom. The van der Waals surface area contributed by atoms with Gasteiger partial charge in [-0.2, -0.15) is 8.42 Å². The van der Waals surface area contributed by atoms with Gasteiger partial charge < -0.3 is 4.79 Å². The maximum atomic E-state index is 11.3. The first-order valence-corrected chi connectivity index (χ1v) is 6.34. The van der Waals surface area contributed by atoms with E-state index in [9.17, 15) is 17.8 Å². The minimum Gasteiger partial charge on any atom is -0.303 e. The number of hydrogen-bond acceptors (Lipinski definition) is 4. The molecule has 0 heterocycles. The first kappa shape index (κ1) is 14.5. The normalized spacial score (nSPS) is 16.3. The largest absolute Gasteiger partial charge is 0.303 e. The minimum absolute atomic E-state index is 0.258. The van der Waals surface area contributed by atoms with Gasteiger partial charge in [0.05, 0.1) is 0 Å². The summed E-state index contributed by atoms with van der Waals surface area (Å²) in [4.78, 5) is 10.4. The van der Waals surface area contributed by atoms with Gasteiger partial charge in [-0.15, -0.1) is 0 Å². The molecular formula is C9H19NO4S. The Kier molecular flexibility index (Phi) is 5.41. The molecule has 6 heteroatoms. The van der Waals surface area contributed by atoms with E-state index < -0.39 is 15.0 Å². The number of rotatable bonds is 7. The second kappa shape index (κ2) is 5.58. The van der Waals surface area contributed by atoms with Gasteiger partial charge in [0.15, 0.2) is 0 Å². The molecule has 0 saturated carbocycles. The zero-order valence-electron chi connectivity index (χ0n) is 9.43. The van der Waals surface area contributed by atoms with Gasteiger partial charge in [-0.1, -0.05) is 6.92 Å². The van der Waals surface area contributed by atoms with Crippen molar-refractivity contribution in [1.29, 1.82) is 0 Å². The summed E-state index contributed by atoms with van der Waals surface area (Å²) >= 11 is 0. The first-order chi connectivity index (χ1) is 6.81. The quantitative estimate of drug-likeness (QED) is 0.405. The standard InChI is InChI=1S/C9H19NO4S/c1-4-9(10(2)3,15(12,13)14)7-5-6-8-11/h8H,4-7H2,1-3H3,(H,12,13,14). The van der Waals surface area contributed by atoms with Crippen molar-refractivity contribution in [2.45, 2.75) is 37.5 Å². The molecule has 90 valence electrons. The summed E-state index contributed by atoms with van der Waals surface area (Å²) in [5.74, 6) is 0. The van der Waals surface area contributed by atoms with Gasteiger partial charge in [0, 0.05) is 6.42 Å². The van der Waals surface area contributed by atoms with Crippen molar-refractivity contribution in [3.05, 3.63) is 0 Å². The van der Waals surface area contributed by atoms with Crippen LogP contribution in [0.3, 0.4) is 0 Å². The van der Waals surface area contributed by atoms with E-state index in [-0.39, 0.29) is 12.8 Å². The second-order valence-corrected chi connectivity index (χ2v) is 5.44. The van der Waals surface area contributed by atoms with Gasteiger partial charge >= 0.3 is 0 Å². The summed E-state index contributed by atoms with van der Waals surface area (Å²) in [6, 6.07) is 0. The molecule has 1 unspecified atom stereocenters. The van der Waals surface area contributed by atoms with Gasteiger partial charge in [-0.05, 0) is 33.4 Å². The van der Waals surface area contributed by atoms with Crippen LogP contribution in [0.4, 0.5) is 0 Å². The van der Waals surface area contributed by atoms with E-state index in [4.69, 9.17) is 0 Å². The Morgan fingerprint density at radius 3 is 2.20 bits per heavy atom. The van der Waals surface area contributed by atoms with E-state index in [0.29, 0.717) is 12.8 Å². The SMILES string of the molecule is CCC(CCCC=O)(N(C)C)S(=O)(=O)O. The highest BCUT2D eigenvalue weighted by atomic mass is 32.2. The van der Waals surface area contributed by atoms with Crippen LogP contribution in [0.15, 0.2) is 0 Å². The molecule has 0 aliphatic carbocycles. The summed E-state index contributed by atoms with van der Waals surface area (Å²) in [5.41, 5.74) is 0. The predicted molar refractivity (Wildman–Crippen MR) is 58.2 cm³/mol. The highest BCUT2D eigenvalue weighted by Crippen LogP contribution is 2.29. The van der Waals surface area contributed by atoms with E-state index >= 15 is 0 Å². The minimum atomic E-state index is -4.15. The summed E-state index contributed by atoms with van der Waals surface area (Å²) in [6.45, 7) is 1.70. The lowest BCUT2D eigenvalue weighted by Gasteiger charge is -2.35. The van der Waals surface area contributed by atoms with E-state index in [1.807, 2.05) is 0 Å². The molecule has 1 atom stereocenters. The zero-order valence-corrected chi connectivity index (χ0v) is 10.2. The Hall–Kier alpha value is -0.460. The monoisotopic (exact) mass is 237 g/mol. The molecule has 0 amide bonds. The van der Waals surface area contributed by atoms with Crippen LogP contribution in [-0.2, 0) is 14.9 Å². The number of nitrogens with zero attached hydrogens (tertiary/aromatic N) is 1. The first-order valence-electron chi connectivity index (χ1n) is 4.90. The van der Waals surface area contributed by atoms with Crippen molar-refractivity contribution in [1.82, 2.24) is 4.90 Å². The van der Waals surface area contributed by atoms with Crippen molar-refractivity contribution >= 4 is 16.4 Å². The lowest BCUT2D eigenvalue weighted by molar-refractivity contribution is -0.108. The van der Waals surface area contributed by atoms with Crippen LogP contribution >= 0.6 is 0 Å². The van der Waals surface area contributed by atoms with Crippen LogP contribution in [0.2, 0.25) is 0 Å². The number of aldehydes is 1. The molecule has 0 aliphatic rings. The molecule has 0 aromatic rings. The summed E-state index contributed by atoms with van der Waals surface area (Å²) in [7, 11) is -0.928. The van der Waals surface area contributed by atoms with Gasteiger partial charge in [-0.3, -0.25) is 9.45 Å². The maximum Gasteiger partial charge on any atom is 0.284 e. The molecule has 0 aliphatic heterocycles. The average Bonchev–Trinajstić information content (AvgIpc) is 2.10. The topological polar surface area (TPSA) is 74.7 Å². The summed E-state index contributed by atoms with van der Waals surface area (Å²) < 4.78 is 31.9. The molecule has 0 rings (SSSR count). The zero-order chi connectivity index (χ0) is 12.1. The van der Waals surface area contributed by atoms with Crippen LogP contribution in [0, 0.1) is 0 Å². The fourth-order valence-corrected chi connectivity index (χ4v) is 2.95. The number of hydrogen-bond donors (Lipinski definition) is 1. The molecular weight excluding hydrogens is 218 g/mol. The third-order valence-electron chi connectivity index (χ3n) is 2.74. The number of carbonyl (C=O) groups is 1. The highest BCUT2D eigenvalue weighted by molar-refractivity contribution is 7.87. The molecule has 0 aromatic carbocycles. The van der Waals surface area contributed by atoms with Crippen molar-refractivity contribution in [3.63, 3.8) is 0 Å². The molecule has 0 radical (unpaired) electrons. The van der Waals surface area contributed by atoms with E-state index in [0.717, 1.165) is 6.29 Å². The van der Waals surface area contributed by atoms with Crippen LogP contribution in [0.25, 0.3) is 0 Å². The van der Waals surface area contributed by atoms with E-state index in [1.165, 1.54) is 4.90 Å². The van der Waals surface area contributed by atoms with E-state index in [2.05, 4.69) is 0 Å².